The van der Waals surface area contributed by atoms with Crippen LogP contribution in [-0.4, -0.2) is 45.1 Å². The van der Waals surface area contributed by atoms with Crippen molar-refractivity contribution in [2.75, 3.05) is 19.3 Å². The molecule has 1 fully saturated rings. The second-order valence-corrected chi connectivity index (χ2v) is 7.10. The van der Waals surface area contributed by atoms with Crippen molar-refractivity contribution in [1.82, 2.24) is 19.7 Å². The van der Waals surface area contributed by atoms with Gasteiger partial charge in [0.2, 0.25) is 0 Å². The minimum Gasteiger partial charge on any atom is -0.303 e. The molecule has 1 aromatic carbocycles. The fourth-order valence-corrected chi connectivity index (χ4v) is 4.08. The molecule has 22 heavy (non-hydrogen) atoms. The standard InChI is InChI=1S/C17H24N4S/c1-14-7-3-4-9-16(14)21-13-18-19-17(21)22-12-10-15-8-5-6-11-20(15)2/h3-4,7,9,13,15H,5-6,8,10-12H2,1-2H3. The molecule has 118 valence electrons. The Bertz CT molecular complexity index is 610. The molecule has 1 atom stereocenters. The molecule has 0 saturated carbocycles. The van der Waals surface area contributed by atoms with Crippen molar-refractivity contribution in [3.63, 3.8) is 0 Å². The second kappa shape index (κ2) is 7.29. The average Bonchev–Trinajstić information content (AvgIpc) is 2.98. The summed E-state index contributed by atoms with van der Waals surface area (Å²) in [4.78, 5) is 2.51. The molecule has 0 amide bonds. The first kappa shape index (κ1) is 15.6. The van der Waals surface area contributed by atoms with Gasteiger partial charge in [0.15, 0.2) is 5.16 Å². The maximum absolute atomic E-state index is 4.30. The van der Waals surface area contributed by atoms with Gasteiger partial charge in [0.05, 0.1) is 5.69 Å². The first-order valence-corrected chi connectivity index (χ1v) is 9.03. The molecular formula is C17H24N4S. The number of aryl methyl sites for hydroxylation is 1. The van der Waals surface area contributed by atoms with Crippen LogP contribution in [0.2, 0.25) is 0 Å². The van der Waals surface area contributed by atoms with Gasteiger partial charge in [-0.3, -0.25) is 4.57 Å². The normalized spacial score (nSPS) is 19.5. The molecule has 0 bridgehead atoms. The summed E-state index contributed by atoms with van der Waals surface area (Å²) in [5.74, 6) is 1.10. The van der Waals surface area contributed by atoms with Crippen molar-refractivity contribution < 1.29 is 0 Å². The predicted molar refractivity (Wildman–Crippen MR) is 91.7 cm³/mol. The summed E-state index contributed by atoms with van der Waals surface area (Å²) in [7, 11) is 2.25. The van der Waals surface area contributed by atoms with Gasteiger partial charge in [-0.15, -0.1) is 10.2 Å². The number of benzene rings is 1. The number of piperidine rings is 1. The second-order valence-electron chi connectivity index (χ2n) is 6.04. The van der Waals surface area contributed by atoms with Crippen LogP contribution in [0.3, 0.4) is 0 Å². The molecule has 4 nitrogen and oxygen atoms in total. The van der Waals surface area contributed by atoms with E-state index in [0.29, 0.717) is 0 Å². The van der Waals surface area contributed by atoms with Crippen molar-refractivity contribution in [3.8, 4) is 5.69 Å². The van der Waals surface area contributed by atoms with E-state index in [-0.39, 0.29) is 0 Å². The fraction of sp³-hybridized carbons (Fsp3) is 0.529. The van der Waals surface area contributed by atoms with Gasteiger partial charge < -0.3 is 4.90 Å². The largest absolute Gasteiger partial charge is 0.303 e. The number of thioether (sulfide) groups is 1. The maximum Gasteiger partial charge on any atom is 0.195 e. The molecular weight excluding hydrogens is 292 g/mol. The number of para-hydroxylation sites is 1. The maximum atomic E-state index is 4.30. The molecule has 1 aromatic heterocycles. The molecule has 1 saturated heterocycles. The van der Waals surface area contributed by atoms with Crippen LogP contribution in [-0.2, 0) is 0 Å². The quantitative estimate of drug-likeness (QED) is 0.790. The monoisotopic (exact) mass is 316 g/mol. The van der Waals surface area contributed by atoms with Crippen LogP contribution in [0.1, 0.15) is 31.2 Å². The summed E-state index contributed by atoms with van der Waals surface area (Å²) < 4.78 is 2.10. The summed E-state index contributed by atoms with van der Waals surface area (Å²) in [6, 6.07) is 9.11. The van der Waals surface area contributed by atoms with Crippen LogP contribution in [0.4, 0.5) is 0 Å². The van der Waals surface area contributed by atoms with Gasteiger partial charge in [-0.1, -0.05) is 36.4 Å². The Kier molecular flexibility index (Phi) is 5.16. The summed E-state index contributed by atoms with van der Waals surface area (Å²) in [5, 5.41) is 9.39. The predicted octanol–water partition coefficient (Wildman–Crippen LogP) is 3.54. The topological polar surface area (TPSA) is 34.0 Å². The minimum absolute atomic E-state index is 0.732. The third-order valence-corrected chi connectivity index (χ3v) is 5.47. The third-order valence-electron chi connectivity index (χ3n) is 4.50. The van der Waals surface area contributed by atoms with Gasteiger partial charge in [-0.05, 0) is 51.4 Å². The lowest BCUT2D eigenvalue weighted by Crippen LogP contribution is -2.36. The zero-order valence-electron chi connectivity index (χ0n) is 13.4. The number of aromatic nitrogens is 3. The number of rotatable bonds is 5. The summed E-state index contributed by atoms with van der Waals surface area (Å²) >= 11 is 1.82. The van der Waals surface area contributed by atoms with Crippen molar-refractivity contribution in [2.45, 2.75) is 43.8 Å². The Morgan fingerprint density at radius 1 is 1.27 bits per heavy atom. The highest BCUT2D eigenvalue weighted by atomic mass is 32.2. The van der Waals surface area contributed by atoms with Crippen LogP contribution >= 0.6 is 11.8 Å². The summed E-state index contributed by atoms with van der Waals surface area (Å²) in [6.07, 6.45) is 7.10. The van der Waals surface area contributed by atoms with Crippen LogP contribution in [0.15, 0.2) is 35.7 Å². The molecule has 0 N–H and O–H groups in total. The highest BCUT2D eigenvalue weighted by Crippen LogP contribution is 2.25. The van der Waals surface area contributed by atoms with Gasteiger partial charge in [0.1, 0.15) is 6.33 Å². The van der Waals surface area contributed by atoms with Gasteiger partial charge >= 0.3 is 0 Å². The molecule has 1 aliphatic heterocycles. The Labute approximate surface area is 136 Å². The first-order valence-electron chi connectivity index (χ1n) is 8.05. The van der Waals surface area contributed by atoms with Crippen LogP contribution in [0.5, 0.6) is 0 Å². The molecule has 1 aliphatic rings. The molecule has 3 rings (SSSR count). The van der Waals surface area contributed by atoms with E-state index in [1.54, 1.807) is 0 Å². The first-order chi connectivity index (χ1) is 10.8. The zero-order valence-corrected chi connectivity index (χ0v) is 14.2. The average molecular weight is 316 g/mol. The summed E-state index contributed by atoms with van der Waals surface area (Å²) in [6.45, 7) is 3.37. The Hall–Kier alpha value is -1.33. The fourth-order valence-electron chi connectivity index (χ4n) is 3.12. The molecule has 5 heteroatoms. The lowest BCUT2D eigenvalue weighted by molar-refractivity contribution is 0.182. The van der Waals surface area contributed by atoms with Crippen molar-refractivity contribution in [3.05, 3.63) is 36.2 Å². The Balaban J connectivity index is 1.62. The van der Waals surface area contributed by atoms with Crippen LogP contribution in [0, 0.1) is 6.92 Å². The number of hydrogen-bond acceptors (Lipinski definition) is 4. The minimum atomic E-state index is 0.732. The molecule has 0 radical (unpaired) electrons. The van der Waals surface area contributed by atoms with E-state index in [2.05, 4.69) is 57.9 Å². The number of likely N-dealkylation sites (tertiary alicyclic amines) is 1. The van der Waals surface area contributed by atoms with Crippen molar-refractivity contribution in [1.29, 1.82) is 0 Å². The highest BCUT2D eigenvalue weighted by Gasteiger charge is 2.19. The van der Waals surface area contributed by atoms with Crippen molar-refractivity contribution in [2.24, 2.45) is 0 Å². The molecule has 0 spiro atoms. The van der Waals surface area contributed by atoms with E-state index >= 15 is 0 Å². The number of hydrogen-bond donors (Lipinski definition) is 0. The van der Waals surface area contributed by atoms with Gasteiger partial charge in [-0.2, -0.15) is 0 Å². The van der Waals surface area contributed by atoms with E-state index < -0.39 is 0 Å². The SMILES string of the molecule is Cc1ccccc1-n1cnnc1SCCC1CCCCN1C. The summed E-state index contributed by atoms with van der Waals surface area (Å²) in [5.41, 5.74) is 2.42. The van der Waals surface area contributed by atoms with E-state index in [9.17, 15) is 0 Å². The highest BCUT2D eigenvalue weighted by molar-refractivity contribution is 7.99. The lowest BCUT2D eigenvalue weighted by Gasteiger charge is -2.32. The molecule has 1 unspecified atom stereocenters. The van der Waals surface area contributed by atoms with E-state index in [1.165, 1.54) is 43.5 Å². The Morgan fingerprint density at radius 2 is 2.14 bits per heavy atom. The van der Waals surface area contributed by atoms with Crippen LogP contribution < -0.4 is 0 Å². The van der Waals surface area contributed by atoms with E-state index in [0.717, 1.165) is 17.0 Å². The lowest BCUT2D eigenvalue weighted by atomic mass is 10.0. The molecule has 0 aliphatic carbocycles. The third kappa shape index (κ3) is 3.52. The molecule has 2 heterocycles. The van der Waals surface area contributed by atoms with Crippen molar-refractivity contribution >= 4 is 11.8 Å². The number of nitrogens with zero attached hydrogens (tertiary/aromatic N) is 4. The zero-order chi connectivity index (χ0) is 15.4. The van der Waals surface area contributed by atoms with Gasteiger partial charge in [0.25, 0.3) is 0 Å². The molecule has 2 aromatic rings. The van der Waals surface area contributed by atoms with E-state index in [4.69, 9.17) is 0 Å². The van der Waals surface area contributed by atoms with E-state index in [1.807, 2.05) is 18.1 Å². The van der Waals surface area contributed by atoms with Crippen LogP contribution in [0.25, 0.3) is 5.69 Å². The smallest absolute Gasteiger partial charge is 0.195 e. The van der Waals surface area contributed by atoms with Gasteiger partial charge in [0, 0.05) is 11.8 Å². The Morgan fingerprint density at radius 3 is 2.95 bits per heavy atom. The van der Waals surface area contributed by atoms with Gasteiger partial charge in [-0.25, -0.2) is 0 Å².